The molecule has 1 aromatic heterocycles. The number of hydrogen-bond acceptors (Lipinski definition) is 4. The second-order valence-corrected chi connectivity index (χ2v) is 5.73. The van der Waals surface area contributed by atoms with Gasteiger partial charge in [-0.05, 0) is 19.3 Å². The molecule has 0 aliphatic carbocycles. The van der Waals surface area contributed by atoms with E-state index in [1.165, 1.54) is 4.90 Å². The molecule has 19 heavy (non-hydrogen) atoms. The Balaban J connectivity index is 2.69. The van der Waals surface area contributed by atoms with Gasteiger partial charge < -0.3 is 9.42 Å². The fourth-order valence-electron chi connectivity index (χ4n) is 1.51. The zero-order chi connectivity index (χ0) is 14.8. The van der Waals surface area contributed by atoms with Crippen LogP contribution in [0.25, 0.3) is 0 Å². The molecule has 106 valence electrons. The number of likely N-dealkylation sites (N-methyl/N-ethyl adjacent to an activating group) is 1. The van der Waals surface area contributed by atoms with Gasteiger partial charge in [-0.25, -0.2) is 0 Å². The third-order valence-corrected chi connectivity index (χ3v) is 3.22. The Morgan fingerprint density at radius 1 is 1.42 bits per heavy atom. The van der Waals surface area contributed by atoms with E-state index >= 15 is 0 Å². The van der Waals surface area contributed by atoms with Crippen LogP contribution in [0.4, 0.5) is 5.82 Å². The van der Waals surface area contributed by atoms with Crippen LogP contribution in [0.2, 0.25) is 0 Å². The molecule has 1 N–H and O–H groups in total. The van der Waals surface area contributed by atoms with E-state index in [1.807, 2.05) is 27.7 Å². The van der Waals surface area contributed by atoms with E-state index in [4.69, 9.17) is 4.52 Å². The number of nitrogens with zero attached hydrogens (tertiary/aromatic N) is 2. The van der Waals surface area contributed by atoms with Gasteiger partial charge in [0.05, 0.1) is 0 Å². The number of hydrogen-bond donors (Lipinski definition) is 1. The van der Waals surface area contributed by atoms with Crippen LogP contribution in [0, 0.1) is 12.3 Å². The fourth-order valence-corrected chi connectivity index (χ4v) is 1.51. The number of carbonyl (C=O) groups excluding carboxylic acids is 2. The van der Waals surface area contributed by atoms with E-state index in [0.717, 1.165) is 0 Å². The van der Waals surface area contributed by atoms with Crippen molar-refractivity contribution in [3.63, 3.8) is 0 Å². The van der Waals surface area contributed by atoms with E-state index in [-0.39, 0.29) is 17.3 Å². The van der Waals surface area contributed by atoms with E-state index < -0.39 is 11.8 Å². The minimum absolute atomic E-state index is 0.0650. The van der Waals surface area contributed by atoms with Gasteiger partial charge in [0.2, 0.25) is 0 Å². The van der Waals surface area contributed by atoms with Crippen molar-refractivity contribution in [3.8, 4) is 0 Å². The highest BCUT2D eigenvalue weighted by Crippen LogP contribution is 2.23. The molecule has 1 unspecified atom stereocenters. The van der Waals surface area contributed by atoms with Crippen LogP contribution in [0.3, 0.4) is 0 Å². The summed E-state index contributed by atoms with van der Waals surface area (Å²) in [6.45, 7) is 9.66. The lowest BCUT2D eigenvalue weighted by Gasteiger charge is -2.34. The molecular weight excluding hydrogens is 246 g/mol. The summed E-state index contributed by atoms with van der Waals surface area (Å²) in [5, 5.41) is 6.03. The van der Waals surface area contributed by atoms with E-state index in [2.05, 4.69) is 10.5 Å². The first-order valence-corrected chi connectivity index (χ1v) is 6.14. The summed E-state index contributed by atoms with van der Waals surface area (Å²) < 4.78 is 4.82. The Morgan fingerprint density at radius 2 is 2.00 bits per heavy atom. The van der Waals surface area contributed by atoms with Gasteiger partial charge in [0.1, 0.15) is 5.76 Å². The molecule has 1 atom stereocenters. The Labute approximate surface area is 113 Å². The molecule has 1 heterocycles. The van der Waals surface area contributed by atoms with Gasteiger partial charge in [-0.15, -0.1) is 0 Å². The van der Waals surface area contributed by atoms with Crippen molar-refractivity contribution < 1.29 is 14.1 Å². The SMILES string of the molecule is Cc1cc(NC(=O)C(=O)N(C)C(C)C(C)(C)C)no1. The number of aryl methyl sites for hydroxylation is 1. The minimum Gasteiger partial charge on any atom is -0.360 e. The first kappa shape index (κ1) is 15.2. The van der Waals surface area contributed by atoms with Gasteiger partial charge >= 0.3 is 11.8 Å². The van der Waals surface area contributed by atoms with Crippen LogP contribution >= 0.6 is 0 Å². The molecule has 0 saturated heterocycles. The van der Waals surface area contributed by atoms with Gasteiger partial charge in [0.15, 0.2) is 5.82 Å². The van der Waals surface area contributed by atoms with Crippen molar-refractivity contribution in [2.45, 2.75) is 40.7 Å². The van der Waals surface area contributed by atoms with Crippen molar-refractivity contribution in [1.29, 1.82) is 0 Å². The summed E-state index contributed by atoms with van der Waals surface area (Å²) in [6, 6.07) is 1.49. The molecule has 1 aromatic rings. The van der Waals surface area contributed by atoms with Gasteiger partial charge in [0.25, 0.3) is 0 Å². The Hall–Kier alpha value is -1.85. The summed E-state index contributed by atoms with van der Waals surface area (Å²) in [7, 11) is 1.62. The predicted molar refractivity (Wildman–Crippen MR) is 71.6 cm³/mol. The highest BCUT2D eigenvalue weighted by Gasteiger charge is 2.30. The molecule has 0 aliphatic heterocycles. The first-order chi connectivity index (χ1) is 8.62. The number of carbonyl (C=O) groups is 2. The van der Waals surface area contributed by atoms with Crippen LogP contribution in [0.5, 0.6) is 0 Å². The number of nitrogens with one attached hydrogen (secondary N) is 1. The van der Waals surface area contributed by atoms with E-state index in [1.54, 1.807) is 20.0 Å². The standard InChI is InChI=1S/C13H21N3O3/c1-8-7-10(15-19-8)14-11(17)12(18)16(6)9(2)13(3,4)5/h7,9H,1-6H3,(H,14,15,17). The summed E-state index contributed by atoms with van der Waals surface area (Å²) in [5.74, 6) is -0.498. The molecule has 2 amide bonds. The maximum atomic E-state index is 12.0. The second-order valence-electron chi connectivity index (χ2n) is 5.73. The highest BCUT2D eigenvalue weighted by molar-refractivity contribution is 6.39. The zero-order valence-electron chi connectivity index (χ0n) is 12.3. The van der Waals surface area contributed by atoms with Crippen molar-refractivity contribution >= 4 is 17.6 Å². The predicted octanol–water partition coefficient (Wildman–Crippen LogP) is 1.81. The van der Waals surface area contributed by atoms with Crippen molar-refractivity contribution in [2.24, 2.45) is 5.41 Å². The lowest BCUT2D eigenvalue weighted by atomic mass is 9.87. The maximum Gasteiger partial charge on any atom is 0.315 e. The third-order valence-electron chi connectivity index (χ3n) is 3.22. The van der Waals surface area contributed by atoms with Crippen LogP contribution in [0.1, 0.15) is 33.5 Å². The molecular formula is C13H21N3O3. The summed E-state index contributed by atoms with van der Waals surface area (Å²) >= 11 is 0. The average Bonchev–Trinajstić information content (AvgIpc) is 2.70. The first-order valence-electron chi connectivity index (χ1n) is 6.14. The number of rotatable bonds is 2. The molecule has 0 aliphatic rings. The third kappa shape index (κ3) is 3.81. The molecule has 1 rings (SSSR count). The number of amides is 2. The zero-order valence-corrected chi connectivity index (χ0v) is 12.3. The Bertz CT molecular complexity index is 474. The highest BCUT2D eigenvalue weighted by atomic mass is 16.5. The molecule has 0 radical (unpaired) electrons. The topological polar surface area (TPSA) is 75.4 Å². The van der Waals surface area contributed by atoms with Crippen LogP contribution < -0.4 is 5.32 Å². The maximum absolute atomic E-state index is 12.0. The quantitative estimate of drug-likeness (QED) is 0.829. The van der Waals surface area contributed by atoms with Crippen LogP contribution in [0.15, 0.2) is 10.6 Å². The molecule has 0 saturated carbocycles. The average molecular weight is 267 g/mol. The normalized spacial score (nSPS) is 12.9. The molecule has 0 fully saturated rings. The minimum atomic E-state index is -0.716. The Morgan fingerprint density at radius 3 is 2.42 bits per heavy atom. The van der Waals surface area contributed by atoms with Crippen LogP contribution in [-0.4, -0.2) is 35.0 Å². The van der Waals surface area contributed by atoms with E-state index in [9.17, 15) is 9.59 Å². The summed E-state index contributed by atoms with van der Waals surface area (Å²) in [4.78, 5) is 25.2. The van der Waals surface area contributed by atoms with Crippen LogP contribution in [-0.2, 0) is 9.59 Å². The molecule has 0 spiro atoms. The van der Waals surface area contributed by atoms with Crippen molar-refractivity contribution in [2.75, 3.05) is 12.4 Å². The summed E-state index contributed by atoms with van der Waals surface area (Å²) in [5.41, 5.74) is -0.102. The molecule has 0 aromatic carbocycles. The lowest BCUT2D eigenvalue weighted by molar-refractivity contribution is -0.144. The smallest absolute Gasteiger partial charge is 0.315 e. The van der Waals surface area contributed by atoms with Gasteiger partial charge in [-0.2, -0.15) is 0 Å². The number of aromatic nitrogens is 1. The fraction of sp³-hybridized carbons (Fsp3) is 0.615. The van der Waals surface area contributed by atoms with E-state index in [0.29, 0.717) is 5.76 Å². The van der Waals surface area contributed by atoms with Gasteiger partial charge in [-0.3, -0.25) is 14.9 Å². The van der Waals surface area contributed by atoms with Gasteiger partial charge in [-0.1, -0.05) is 25.9 Å². The lowest BCUT2D eigenvalue weighted by Crippen LogP contribution is -2.47. The molecule has 6 nitrogen and oxygen atoms in total. The van der Waals surface area contributed by atoms with Crippen molar-refractivity contribution in [3.05, 3.63) is 11.8 Å². The second kappa shape index (κ2) is 5.42. The monoisotopic (exact) mass is 267 g/mol. The molecule has 6 heteroatoms. The van der Waals surface area contributed by atoms with Gasteiger partial charge in [0, 0.05) is 19.2 Å². The largest absolute Gasteiger partial charge is 0.360 e. The Kier molecular flexibility index (Phi) is 4.34. The van der Waals surface area contributed by atoms with Crippen molar-refractivity contribution in [1.82, 2.24) is 10.1 Å². The number of anilines is 1. The summed E-state index contributed by atoms with van der Waals surface area (Å²) in [6.07, 6.45) is 0. The molecule has 0 bridgehead atoms.